The number of anilines is 1. The Morgan fingerprint density at radius 3 is 2.67 bits per heavy atom. The molecule has 1 aliphatic rings. The summed E-state index contributed by atoms with van der Waals surface area (Å²) >= 11 is 7.32. The van der Waals surface area contributed by atoms with Crippen LogP contribution < -0.4 is 5.32 Å². The summed E-state index contributed by atoms with van der Waals surface area (Å²) in [5, 5.41) is 10.7. The van der Waals surface area contributed by atoms with Crippen LogP contribution in [-0.2, 0) is 9.59 Å². The minimum Gasteiger partial charge on any atom is -0.326 e. The van der Waals surface area contributed by atoms with Crippen LogP contribution in [-0.4, -0.2) is 28.4 Å². The molecule has 124 valence electrons. The summed E-state index contributed by atoms with van der Waals surface area (Å²) in [6.07, 6.45) is 0.641. The molecule has 5 nitrogen and oxygen atoms in total. The molecule has 0 aliphatic carbocycles. The number of nitrogens with one attached hydrogen (secondary N) is 1. The third kappa shape index (κ3) is 3.49. The van der Waals surface area contributed by atoms with E-state index in [9.17, 15) is 9.59 Å². The van der Waals surface area contributed by atoms with E-state index >= 15 is 0 Å². The second-order valence-corrected chi connectivity index (χ2v) is 6.66. The van der Waals surface area contributed by atoms with Crippen LogP contribution in [0.25, 0.3) is 0 Å². The summed E-state index contributed by atoms with van der Waals surface area (Å²) in [4.78, 5) is 24.3. The average molecular weight is 362 g/mol. The molecule has 0 spiro atoms. The topological polar surface area (TPSA) is 61.8 Å². The summed E-state index contributed by atoms with van der Waals surface area (Å²) in [5.41, 5.74) is 2.49. The lowest BCUT2D eigenvalue weighted by atomic mass is 10.0. The van der Waals surface area contributed by atoms with Crippen molar-refractivity contribution < 1.29 is 9.59 Å². The number of alkyl halides is 1. The molecule has 1 aliphatic heterocycles. The van der Waals surface area contributed by atoms with Crippen molar-refractivity contribution >= 4 is 46.2 Å². The molecule has 0 radical (unpaired) electrons. The Kier molecular flexibility index (Phi) is 4.97. The van der Waals surface area contributed by atoms with Crippen molar-refractivity contribution in [2.24, 2.45) is 5.10 Å². The Morgan fingerprint density at radius 1 is 1.33 bits per heavy atom. The van der Waals surface area contributed by atoms with Gasteiger partial charge in [0.15, 0.2) is 0 Å². The van der Waals surface area contributed by atoms with Gasteiger partial charge in [-0.2, -0.15) is 5.10 Å². The molecule has 24 heavy (non-hydrogen) atoms. The smallest absolute Gasteiger partial charge is 0.258 e. The molecule has 1 unspecified atom stereocenters. The second kappa shape index (κ2) is 7.15. The van der Waals surface area contributed by atoms with Crippen molar-refractivity contribution in [1.29, 1.82) is 0 Å². The van der Waals surface area contributed by atoms with E-state index in [4.69, 9.17) is 11.6 Å². The van der Waals surface area contributed by atoms with E-state index in [2.05, 4.69) is 10.4 Å². The molecule has 7 heteroatoms. The molecule has 0 fully saturated rings. The van der Waals surface area contributed by atoms with Gasteiger partial charge in [-0.05, 0) is 29.1 Å². The number of halogens is 1. The van der Waals surface area contributed by atoms with Crippen molar-refractivity contribution in [2.75, 3.05) is 11.2 Å². The lowest BCUT2D eigenvalue weighted by Gasteiger charge is -2.19. The van der Waals surface area contributed by atoms with E-state index in [-0.39, 0.29) is 23.7 Å². The highest BCUT2D eigenvalue weighted by molar-refractivity contribution is 7.10. The molecule has 3 rings (SSSR count). The molecule has 1 N–H and O–H groups in total. The lowest BCUT2D eigenvalue weighted by molar-refractivity contribution is -0.130. The largest absolute Gasteiger partial charge is 0.326 e. The zero-order chi connectivity index (χ0) is 17.1. The number of benzene rings is 1. The van der Waals surface area contributed by atoms with Crippen molar-refractivity contribution in [1.82, 2.24) is 5.01 Å². The van der Waals surface area contributed by atoms with Gasteiger partial charge < -0.3 is 5.32 Å². The van der Waals surface area contributed by atoms with Gasteiger partial charge in [0, 0.05) is 23.9 Å². The lowest BCUT2D eigenvalue weighted by Crippen LogP contribution is -2.27. The summed E-state index contributed by atoms with van der Waals surface area (Å²) in [6, 6.07) is 11.3. The van der Waals surface area contributed by atoms with Crippen molar-refractivity contribution in [3.8, 4) is 0 Å². The third-order valence-corrected chi connectivity index (χ3v) is 4.89. The Bertz CT molecular complexity index is 772. The van der Waals surface area contributed by atoms with Crippen LogP contribution in [0, 0.1) is 0 Å². The van der Waals surface area contributed by atoms with Crippen molar-refractivity contribution in [3.05, 3.63) is 52.2 Å². The van der Waals surface area contributed by atoms with E-state index < -0.39 is 0 Å². The minimum absolute atomic E-state index is 0.0971. The minimum atomic E-state index is -0.208. The average Bonchev–Trinajstić information content (AvgIpc) is 3.23. The number of hydrogen-bond acceptors (Lipinski definition) is 4. The predicted molar refractivity (Wildman–Crippen MR) is 96.5 cm³/mol. The number of thiophene rings is 1. The number of nitrogens with zero attached hydrogens (tertiary/aromatic N) is 2. The monoisotopic (exact) mass is 361 g/mol. The van der Waals surface area contributed by atoms with Gasteiger partial charge in [-0.3, -0.25) is 9.59 Å². The van der Waals surface area contributed by atoms with Crippen LogP contribution in [0.3, 0.4) is 0 Å². The zero-order valence-electron chi connectivity index (χ0n) is 13.0. The maximum atomic E-state index is 12.1. The van der Waals surface area contributed by atoms with Crippen LogP contribution in [0.5, 0.6) is 0 Å². The van der Waals surface area contributed by atoms with Gasteiger partial charge in [-0.1, -0.05) is 18.2 Å². The quantitative estimate of drug-likeness (QED) is 0.845. The molecule has 0 saturated heterocycles. The molecule has 1 aromatic heterocycles. The first kappa shape index (κ1) is 16.7. The van der Waals surface area contributed by atoms with Crippen LogP contribution >= 0.6 is 22.9 Å². The number of amides is 2. The van der Waals surface area contributed by atoms with Gasteiger partial charge in [0.25, 0.3) is 5.91 Å². The normalized spacial score (nSPS) is 16.8. The fourth-order valence-corrected chi connectivity index (χ4v) is 3.56. The Morgan fingerprint density at radius 2 is 2.08 bits per heavy atom. The molecule has 2 heterocycles. The summed E-state index contributed by atoms with van der Waals surface area (Å²) < 4.78 is 0. The predicted octanol–water partition coefficient (Wildman–Crippen LogP) is 3.62. The van der Waals surface area contributed by atoms with Gasteiger partial charge in [0.2, 0.25) is 5.91 Å². The Labute approximate surface area is 148 Å². The summed E-state index contributed by atoms with van der Waals surface area (Å²) in [6.45, 7) is 1.47. The van der Waals surface area contributed by atoms with Crippen molar-refractivity contribution in [3.63, 3.8) is 0 Å². The number of carbonyl (C=O) groups excluding carboxylic acids is 2. The molecule has 1 atom stereocenters. The molecule has 0 saturated carbocycles. The van der Waals surface area contributed by atoms with Gasteiger partial charge in [-0.25, -0.2) is 5.01 Å². The Hall–Kier alpha value is -2.18. The third-order valence-electron chi connectivity index (χ3n) is 3.69. The summed E-state index contributed by atoms with van der Waals surface area (Å²) in [5.74, 6) is -0.419. The van der Waals surface area contributed by atoms with E-state index in [0.29, 0.717) is 6.42 Å². The molecular weight excluding hydrogens is 346 g/mol. The standard InChI is InChI=1S/C17H16ClN3O2S/c1-11(22)19-13-6-4-12(5-7-13)14-9-15(16-3-2-8-24-16)21(20-14)17(23)10-18/h2-8,15H,9-10H2,1H3,(H,19,22). The van der Waals surface area contributed by atoms with E-state index in [1.807, 2.05) is 41.8 Å². The van der Waals surface area contributed by atoms with E-state index in [1.165, 1.54) is 11.9 Å². The molecular formula is C17H16ClN3O2S. The van der Waals surface area contributed by atoms with Gasteiger partial charge in [0.1, 0.15) is 5.88 Å². The highest BCUT2D eigenvalue weighted by Gasteiger charge is 2.33. The first-order valence-electron chi connectivity index (χ1n) is 7.45. The van der Waals surface area contributed by atoms with Crippen LogP contribution in [0.15, 0.2) is 46.9 Å². The highest BCUT2D eigenvalue weighted by atomic mass is 35.5. The maximum Gasteiger partial charge on any atom is 0.258 e. The van der Waals surface area contributed by atoms with Gasteiger partial charge >= 0.3 is 0 Å². The first-order valence-corrected chi connectivity index (χ1v) is 8.87. The number of carbonyl (C=O) groups is 2. The molecule has 2 aromatic rings. The summed E-state index contributed by atoms with van der Waals surface area (Å²) in [7, 11) is 0. The second-order valence-electron chi connectivity index (χ2n) is 5.41. The SMILES string of the molecule is CC(=O)Nc1ccc(C2=NN(C(=O)CCl)C(c3cccs3)C2)cc1. The number of hydrazone groups is 1. The molecule has 1 aromatic carbocycles. The molecule has 0 bridgehead atoms. The van der Waals surface area contributed by atoms with Crippen LogP contribution in [0.2, 0.25) is 0 Å². The van der Waals surface area contributed by atoms with Crippen molar-refractivity contribution in [2.45, 2.75) is 19.4 Å². The van der Waals surface area contributed by atoms with Gasteiger partial charge in [0.05, 0.1) is 11.8 Å². The first-order chi connectivity index (χ1) is 11.6. The van der Waals surface area contributed by atoms with Crippen LogP contribution in [0.1, 0.15) is 29.8 Å². The highest BCUT2D eigenvalue weighted by Crippen LogP contribution is 2.35. The molecule has 2 amide bonds. The fourth-order valence-electron chi connectivity index (χ4n) is 2.63. The van der Waals surface area contributed by atoms with Gasteiger partial charge in [-0.15, -0.1) is 22.9 Å². The fraction of sp³-hybridized carbons (Fsp3) is 0.235. The number of rotatable bonds is 4. The van der Waals surface area contributed by atoms with E-state index in [0.717, 1.165) is 21.8 Å². The zero-order valence-corrected chi connectivity index (χ0v) is 14.6. The number of hydrogen-bond donors (Lipinski definition) is 1. The maximum absolute atomic E-state index is 12.1. The van der Waals surface area contributed by atoms with E-state index in [1.54, 1.807) is 11.3 Å². The Balaban J connectivity index is 1.85. The van der Waals surface area contributed by atoms with Crippen LogP contribution in [0.4, 0.5) is 5.69 Å².